The zero-order valence-corrected chi connectivity index (χ0v) is 17.7. The summed E-state index contributed by atoms with van der Waals surface area (Å²) in [6.45, 7) is 1.56. The molecule has 0 spiro atoms. The van der Waals surface area contributed by atoms with Crippen LogP contribution in [0, 0.1) is 0 Å². The van der Waals surface area contributed by atoms with E-state index in [1.807, 2.05) is 49.4 Å². The highest BCUT2D eigenvalue weighted by Crippen LogP contribution is 2.28. The van der Waals surface area contributed by atoms with Gasteiger partial charge < -0.3 is 23.8 Å². The number of benzene rings is 2. The molecule has 7 nitrogen and oxygen atoms in total. The minimum atomic E-state index is -0.645. The molecule has 0 heterocycles. The number of nitrogens with zero attached hydrogens (tertiary/aromatic N) is 1. The first-order valence-corrected chi connectivity index (χ1v) is 9.43. The molecule has 0 radical (unpaired) electrons. The maximum Gasteiger partial charge on any atom is 0.344 e. The van der Waals surface area contributed by atoms with Gasteiger partial charge in [-0.3, -0.25) is 4.79 Å². The van der Waals surface area contributed by atoms with E-state index in [1.165, 1.54) is 12.0 Å². The average molecular weight is 413 g/mol. The van der Waals surface area contributed by atoms with Crippen LogP contribution in [-0.4, -0.2) is 51.3 Å². The average Bonchev–Trinajstić information content (AvgIpc) is 2.76. The van der Waals surface area contributed by atoms with E-state index in [0.29, 0.717) is 23.8 Å². The van der Waals surface area contributed by atoms with Crippen molar-refractivity contribution in [3.63, 3.8) is 0 Å². The van der Waals surface area contributed by atoms with Crippen molar-refractivity contribution >= 4 is 18.0 Å². The number of carbonyl (C=O) groups excluding carboxylic acids is 2. The fourth-order valence-corrected chi connectivity index (χ4v) is 2.71. The molecular formula is C23H27NO6. The van der Waals surface area contributed by atoms with Crippen LogP contribution in [0.15, 0.2) is 48.5 Å². The Kier molecular flexibility index (Phi) is 8.75. The Hall–Kier alpha value is -3.48. The Bertz CT molecular complexity index is 893. The molecule has 2 rings (SSSR count). The highest BCUT2D eigenvalue weighted by molar-refractivity contribution is 5.81. The summed E-state index contributed by atoms with van der Waals surface area (Å²) in [6, 6.07) is 12.8. The molecule has 0 saturated heterocycles. The Labute approximate surface area is 176 Å². The maximum atomic E-state index is 12.3. The van der Waals surface area contributed by atoms with Crippen LogP contribution in [0.5, 0.6) is 17.2 Å². The molecule has 0 N–H and O–H groups in total. The maximum absolute atomic E-state index is 12.3. The number of esters is 1. The normalized spacial score (nSPS) is 10.5. The molecule has 160 valence electrons. The molecule has 0 aliphatic carbocycles. The smallest absolute Gasteiger partial charge is 0.344 e. The second-order valence-corrected chi connectivity index (χ2v) is 6.42. The molecule has 0 aromatic heterocycles. The van der Waals surface area contributed by atoms with E-state index in [1.54, 1.807) is 26.3 Å². The fourth-order valence-electron chi connectivity index (χ4n) is 2.71. The summed E-state index contributed by atoms with van der Waals surface area (Å²) >= 11 is 0. The van der Waals surface area contributed by atoms with E-state index in [4.69, 9.17) is 18.9 Å². The Morgan fingerprint density at radius 1 is 0.967 bits per heavy atom. The highest BCUT2D eigenvalue weighted by atomic mass is 16.6. The van der Waals surface area contributed by atoms with Crippen molar-refractivity contribution in [2.24, 2.45) is 0 Å². The minimum absolute atomic E-state index is 0.331. The van der Waals surface area contributed by atoms with E-state index < -0.39 is 5.97 Å². The molecular weight excluding hydrogens is 386 g/mol. The third kappa shape index (κ3) is 6.55. The number of allylic oxidation sites excluding steroid dienone is 1. The Morgan fingerprint density at radius 3 is 2.40 bits per heavy atom. The molecule has 1 amide bonds. The number of rotatable bonds is 10. The van der Waals surface area contributed by atoms with E-state index in [2.05, 4.69) is 0 Å². The van der Waals surface area contributed by atoms with Crippen LogP contribution in [0.2, 0.25) is 0 Å². The predicted molar refractivity (Wildman–Crippen MR) is 114 cm³/mol. The number of para-hydroxylation sites is 1. The zero-order valence-electron chi connectivity index (χ0n) is 17.7. The quantitative estimate of drug-likeness (QED) is 0.557. The van der Waals surface area contributed by atoms with E-state index in [-0.39, 0.29) is 19.1 Å². The lowest BCUT2D eigenvalue weighted by atomic mass is 10.2. The molecule has 0 fully saturated rings. The van der Waals surface area contributed by atoms with Gasteiger partial charge in [0.15, 0.2) is 24.7 Å². The lowest BCUT2D eigenvalue weighted by molar-refractivity contribution is -0.153. The van der Waals surface area contributed by atoms with Crippen molar-refractivity contribution < 1.29 is 28.5 Å². The summed E-state index contributed by atoms with van der Waals surface area (Å²) in [4.78, 5) is 25.7. The monoisotopic (exact) mass is 413 g/mol. The van der Waals surface area contributed by atoms with Crippen LogP contribution in [-0.2, 0) is 20.9 Å². The SMILES string of the molecule is C/C=C/c1ccc(OCC(=O)OCC(=O)N(C)Cc2ccccc2OC)c(OC)c1. The number of ether oxygens (including phenoxy) is 4. The van der Waals surface area contributed by atoms with Crippen molar-refractivity contribution in [2.75, 3.05) is 34.5 Å². The van der Waals surface area contributed by atoms with E-state index in [9.17, 15) is 9.59 Å². The van der Waals surface area contributed by atoms with E-state index in [0.717, 1.165) is 11.1 Å². The van der Waals surface area contributed by atoms with Gasteiger partial charge in [-0.05, 0) is 30.7 Å². The number of amides is 1. The van der Waals surface area contributed by atoms with Crippen molar-refractivity contribution in [3.05, 3.63) is 59.7 Å². The molecule has 0 atom stereocenters. The van der Waals surface area contributed by atoms with Gasteiger partial charge in [0.05, 0.1) is 14.2 Å². The van der Waals surface area contributed by atoms with Gasteiger partial charge in [0, 0.05) is 19.2 Å². The second-order valence-electron chi connectivity index (χ2n) is 6.42. The molecule has 0 bridgehead atoms. The van der Waals surface area contributed by atoms with Gasteiger partial charge >= 0.3 is 5.97 Å². The van der Waals surface area contributed by atoms with Crippen LogP contribution in [0.1, 0.15) is 18.1 Å². The van der Waals surface area contributed by atoms with Crippen molar-refractivity contribution in [1.29, 1.82) is 0 Å². The van der Waals surface area contributed by atoms with E-state index >= 15 is 0 Å². The molecule has 7 heteroatoms. The van der Waals surface area contributed by atoms with Gasteiger partial charge in [-0.25, -0.2) is 4.79 Å². The number of carbonyl (C=O) groups is 2. The topological polar surface area (TPSA) is 74.3 Å². The van der Waals surface area contributed by atoms with Gasteiger partial charge in [-0.15, -0.1) is 0 Å². The van der Waals surface area contributed by atoms with Crippen LogP contribution >= 0.6 is 0 Å². The van der Waals surface area contributed by atoms with Crippen molar-refractivity contribution in [2.45, 2.75) is 13.5 Å². The highest BCUT2D eigenvalue weighted by Gasteiger charge is 2.15. The third-order valence-corrected chi connectivity index (χ3v) is 4.27. The lowest BCUT2D eigenvalue weighted by Gasteiger charge is -2.18. The Morgan fingerprint density at radius 2 is 1.70 bits per heavy atom. The van der Waals surface area contributed by atoms with Crippen LogP contribution < -0.4 is 14.2 Å². The van der Waals surface area contributed by atoms with Gasteiger partial charge in [-0.1, -0.05) is 36.4 Å². The zero-order chi connectivity index (χ0) is 21.9. The number of hydrogen-bond acceptors (Lipinski definition) is 6. The molecule has 0 aliphatic heterocycles. The standard InChI is InChI=1S/C23H27NO6/c1-5-8-17-11-12-20(21(13-17)28-4)29-16-23(26)30-15-22(25)24(2)14-18-9-6-7-10-19(18)27-3/h5-13H,14-16H2,1-4H3/b8-5+. The Balaban J connectivity index is 1.83. The molecule has 0 aliphatic rings. The number of likely N-dealkylation sites (N-methyl/N-ethyl adjacent to an activating group) is 1. The van der Waals surface area contributed by atoms with Gasteiger partial charge in [-0.2, -0.15) is 0 Å². The van der Waals surface area contributed by atoms with Crippen molar-refractivity contribution in [1.82, 2.24) is 4.90 Å². The minimum Gasteiger partial charge on any atom is -0.496 e. The van der Waals surface area contributed by atoms with Gasteiger partial charge in [0.2, 0.25) is 0 Å². The largest absolute Gasteiger partial charge is 0.496 e. The molecule has 0 saturated carbocycles. The van der Waals surface area contributed by atoms with Crippen LogP contribution in [0.3, 0.4) is 0 Å². The van der Waals surface area contributed by atoms with Gasteiger partial charge in [0.1, 0.15) is 5.75 Å². The van der Waals surface area contributed by atoms with Gasteiger partial charge in [0.25, 0.3) is 5.91 Å². The number of methoxy groups -OCH3 is 2. The summed E-state index contributed by atoms with van der Waals surface area (Å²) < 4.78 is 21.1. The summed E-state index contributed by atoms with van der Waals surface area (Å²) in [5.41, 5.74) is 1.81. The third-order valence-electron chi connectivity index (χ3n) is 4.27. The summed E-state index contributed by atoms with van der Waals surface area (Å²) in [6.07, 6.45) is 3.84. The summed E-state index contributed by atoms with van der Waals surface area (Å²) in [5, 5.41) is 0. The molecule has 30 heavy (non-hydrogen) atoms. The summed E-state index contributed by atoms with van der Waals surface area (Å²) in [7, 11) is 4.73. The lowest BCUT2D eigenvalue weighted by Crippen LogP contribution is -2.31. The number of hydrogen-bond donors (Lipinski definition) is 0. The first kappa shape index (κ1) is 22.8. The molecule has 2 aromatic carbocycles. The first-order valence-electron chi connectivity index (χ1n) is 9.43. The fraction of sp³-hybridized carbons (Fsp3) is 0.304. The van der Waals surface area contributed by atoms with Crippen LogP contribution in [0.25, 0.3) is 6.08 Å². The second kappa shape index (κ2) is 11.5. The van der Waals surface area contributed by atoms with Crippen LogP contribution in [0.4, 0.5) is 0 Å². The summed E-state index contributed by atoms with van der Waals surface area (Å²) in [5.74, 6) is 0.640. The predicted octanol–water partition coefficient (Wildman–Crippen LogP) is 3.32. The first-order chi connectivity index (χ1) is 14.5. The molecule has 2 aromatic rings. The van der Waals surface area contributed by atoms with Crippen molar-refractivity contribution in [3.8, 4) is 17.2 Å². The molecule has 0 unspecified atom stereocenters.